The molecule has 0 unspecified atom stereocenters. The van der Waals surface area contributed by atoms with Crippen LogP contribution in [0.2, 0.25) is 0 Å². The fourth-order valence-electron chi connectivity index (χ4n) is 2.82. The first-order valence-corrected chi connectivity index (χ1v) is 8.88. The van der Waals surface area contributed by atoms with Gasteiger partial charge in [-0.05, 0) is 59.6 Å². The molecule has 1 aromatic carbocycles. The average Bonchev–Trinajstić information content (AvgIpc) is 2.89. The lowest BCUT2D eigenvalue weighted by molar-refractivity contribution is 0.0526. The second kappa shape index (κ2) is 7.87. The van der Waals surface area contributed by atoms with Crippen molar-refractivity contribution in [2.45, 2.75) is 65.1 Å². The third-order valence-corrected chi connectivity index (χ3v) is 3.83. The Morgan fingerprint density at radius 2 is 2.00 bits per heavy atom. The van der Waals surface area contributed by atoms with E-state index in [0.29, 0.717) is 6.54 Å². The minimum Gasteiger partial charge on any atom is -0.444 e. The van der Waals surface area contributed by atoms with E-state index in [-0.39, 0.29) is 12.1 Å². The van der Waals surface area contributed by atoms with Gasteiger partial charge >= 0.3 is 6.09 Å². The normalized spacial score (nSPS) is 13.2. The predicted molar refractivity (Wildman–Crippen MR) is 101 cm³/mol. The van der Waals surface area contributed by atoms with Crippen LogP contribution in [0.1, 0.15) is 65.4 Å². The summed E-state index contributed by atoms with van der Waals surface area (Å²) in [6.07, 6.45) is 1.11. The van der Waals surface area contributed by atoms with Gasteiger partial charge in [0, 0.05) is 12.6 Å². The van der Waals surface area contributed by atoms with E-state index in [1.165, 1.54) is 0 Å². The largest absolute Gasteiger partial charge is 0.444 e. The van der Waals surface area contributed by atoms with Gasteiger partial charge in [0.25, 0.3) is 0 Å². The molecule has 1 aromatic heterocycles. The number of imidazole rings is 1. The van der Waals surface area contributed by atoms with Crippen molar-refractivity contribution in [1.82, 2.24) is 14.9 Å². The minimum atomic E-state index is -0.484. The molecule has 0 aliphatic heterocycles. The van der Waals surface area contributed by atoms with Gasteiger partial charge in [0.1, 0.15) is 11.4 Å². The zero-order chi connectivity index (χ0) is 18.6. The lowest BCUT2D eigenvalue weighted by Crippen LogP contribution is -2.33. The van der Waals surface area contributed by atoms with E-state index in [1.807, 2.05) is 39.0 Å². The SMILES string of the molecule is CC(C)n1c([C@@H](N)CCCNC(=O)OC(C)(C)C)nc2ccccc21. The summed E-state index contributed by atoms with van der Waals surface area (Å²) in [6.45, 7) is 10.3. The summed E-state index contributed by atoms with van der Waals surface area (Å²) in [5.41, 5.74) is 7.98. The molecular weight excluding hydrogens is 316 g/mol. The Morgan fingerprint density at radius 1 is 1.32 bits per heavy atom. The molecule has 2 rings (SSSR count). The van der Waals surface area contributed by atoms with Crippen molar-refractivity contribution in [3.63, 3.8) is 0 Å². The van der Waals surface area contributed by atoms with Crippen molar-refractivity contribution in [2.24, 2.45) is 5.73 Å². The highest BCUT2D eigenvalue weighted by atomic mass is 16.6. The zero-order valence-electron chi connectivity index (χ0n) is 15.9. The van der Waals surface area contributed by atoms with Crippen LogP contribution in [0.5, 0.6) is 0 Å². The van der Waals surface area contributed by atoms with Crippen LogP contribution >= 0.6 is 0 Å². The Hall–Kier alpha value is -2.08. The van der Waals surface area contributed by atoms with Gasteiger partial charge in [-0.1, -0.05) is 12.1 Å². The number of para-hydroxylation sites is 2. The molecule has 0 saturated heterocycles. The number of carbonyl (C=O) groups is 1. The predicted octanol–water partition coefficient (Wildman–Crippen LogP) is 3.92. The van der Waals surface area contributed by atoms with Crippen LogP contribution in [0.4, 0.5) is 4.79 Å². The maximum Gasteiger partial charge on any atom is 0.407 e. The quantitative estimate of drug-likeness (QED) is 0.777. The molecule has 2 aromatic rings. The molecule has 0 aliphatic rings. The van der Waals surface area contributed by atoms with E-state index in [9.17, 15) is 4.79 Å². The van der Waals surface area contributed by atoms with E-state index < -0.39 is 11.7 Å². The molecule has 0 aliphatic carbocycles. The van der Waals surface area contributed by atoms with E-state index in [1.54, 1.807) is 0 Å². The van der Waals surface area contributed by atoms with Gasteiger partial charge in [-0.2, -0.15) is 0 Å². The Kier molecular flexibility index (Phi) is 6.06. The molecule has 3 N–H and O–H groups in total. The summed E-state index contributed by atoms with van der Waals surface area (Å²) in [6, 6.07) is 8.20. The van der Waals surface area contributed by atoms with Crippen LogP contribution in [0.3, 0.4) is 0 Å². The summed E-state index contributed by atoms with van der Waals surface area (Å²) >= 11 is 0. The van der Waals surface area contributed by atoms with Gasteiger partial charge in [0.05, 0.1) is 17.1 Å². The number of nitrogens with two attached hydrogens (primary N) is 1. The topological polar surface area (TPSA) is 82.2 Å². The van der Waals surface area contributed by atoms with Crippen molar-refractivity contribution < 1.29 is 9.53 Å². The molecule has 138 valence electrons. The summed E-state index contributed by atoms with van der Waals surface area (Å²) in [5.74, 6) is 0.897. The third-order valence-electron chi connectivity index (χ3n) is 3.83. The van der Waals surface area contributed by atoms with Gasteiger partial charge < -0.3 is 20.4 Å². The monoisotopic (exact) mass is 346 g/mol. The number of nitrogens with one attached hydrogen (secondary N) is 1. The van der Waals surface area contributed by atoms with Crippen molar-refractivity contribution in [1.29, 1.82) is 0 Å². The number of nitrogens with zero attached hydrogens (tertiary/aromatic N) is 2. The van der Waals surface area contributed by atoms with Crippen LogP contribution in [0.25, 0.3) is 11.0 Å². The number of benzene rings is 1. The number of aromatic nitrogens is 2. The molecular formula is C19H30N4O2. The molecule has 6 nitrogen and oxygen atoms in total. The summed E-state index contributed by atoms with van der Waals surface area (Å²) in [5, 5.41) is 2.77. The number of rotatable bonds is 6. The molecule has 0 fully saturated rings. The molecule has 1 amide bonds. The number of hydrogen-bond donors (Lipinski definition) is 2. The van der Waals surface area contributed by atoms with E-state index in [0.717, 1.165) is 29.7 Å². The number of alkyl carbamates (subject to hydrolysis) is 1. The highest BCUT2D eigenvalue weighted by Gasteiger charge is 2.19. The van der Waals surface area contributed by atoms with Gasteiger partial charge in [-0.15, -0.1) is 0 Å². The van der Waals surface area contributed by atoms with Crippen molar-refractivity contribution in [3.05, 3.63) is 30.1 Å². The highest BCUT2D eigenvalue weighted by molar-refractivity contribution is 5.76. The smallest absolute Gasteiger partial charge is 0.407 e. The lowest BCUT2D eigenvalue weighted by Gasteiger charge is -2.20. The standard InChI is InChI=1S/C19H30N4O2/c1-13(2)23-16-11-7-6-10-15(16)22-17(23)14(20)9-8-12-21-18(24)25-19(3,4)5/h6-7,10-11,13-14H,8-9,12,20H2,1-5H3,(H,21,24)/t14-/m0/s1. The van der Waals surface area contributed by atoms with Crippen molar-refractivity contribution >= 4 is 17.1 Å². The average molecular weight is 346 g/mol. The summed E-state index contributed by atoms with van der Waals surface area (Å²) in [7, 11) is 0. The van der Waals surface area contributed by atoms with E-state index >= 15 is 0 Å². The first-order valence-electron chi connectivity index (χ1n) is 8.88. The fraction of sp³-hybridized carbons (Fsp3) is 0.579. The van der Waals surface area contributed by atoms with Gasteiger partial charge in [-0.25, -0.2) is 9.78 Å². The Labute approximate surface area is 149 Å². The number of ether oxygens (including phenoxy) is 1. The molecule has 1 atom stereocenters. The zero-order valence-corrected chi connectivity index (χ0v) is 15.9. The van der Waals surface area contributed by atoms with Gasteiger partial charge in [-0.3, -0.25) is 0 Å². The molecule has 1 heterocycles. The molecule has 0 saturated carbocycles. The molecule has 0 bridgehead atoms. The maximum atomic E-state index is 11.7. The molecule has 6 heteroatoms. The molecule has 25 heavy (non-hydrogen) atoms. The number of hydrogen-bond acceptors (Lipinski definition) is 4. The Morgan fingerprint density at radius 3 is 2.64 bits per heavy atom. The van der Waals surface area contributed by atoms with Crippen LogP contribution in [0.15, 0.2) is 24.3 Å². The fourth-order valence-corrected chi connectivity index (χ4v) is 2.82. The summed E-state index contributed by atoms with van der Waals surface area (Å²) in [4.78, 5) is 16.4. The van der Waals surface area contributed by atoms with Gasteiger partial charge in [0.15, 0.2) is 0 Å². The highest BCUT2D eigenvalue weighted by Crippen LogP contribution is 2.25. The van der Waals surface area contributed by atoms with Gasteiger partial charge in [0.2, 0.25) is 0 Å². The van der Waals surface area contributed by atoms with E-state index in [2.05, 4.69) is 29.8 Å². The van der Waals surface area contributed by atoms with E-state index in [4.69, 9.17) is 15.5 Å². The van der Waals surface area contributed by atoms with Crippen LogP contribution in [0, 0.1) is 0 Å². The lowest BCUT2D eigenvalue weighted by atomic mass is 10.1. The minimum absolute atomic E-state index is 0.171. The number of fused-ring (bicyclic) bond motifs is 1. The van der Waals surface area contributed by atoms with Crippen molar-refractivity contribution in [3.8, 4) is 0 Å². The Bertz CT molecular complexity index is 716. The molecule has 0 spiro atoms. The summed E-state index contributed by atoms with van der Waals surface area (Å²) < 4.78 is 7.42. The second-order valence-corrected chi connectivity index (χ2v) is 7.60. The first kappa shape index (κ1) is 19.2. The second-order valence-electron chi connectivity index (χ2n) is 7.60. The number of amides is 1. The van der Waals surface area contributed by atoms with Crippen LogP contribution in [-0.2, 0) is 4.74 Å². The third kappa shape index (κ3) is 5.19. The van der Waals surface area contributed by atoms with Crippen LogP contribution in [-0.4, -0.2) is 27.8 Å². The maximum absolute atomic E-state index is 11.7. The first-order chi connectivity index (χ1) is 11.7. The molecule has 0 radical (unpaired) electrons. The Balaban J connectivity index is 1.95. The van der Waals surface area contributed by atoms with Crippen molar-refractivity contribution in [2.75, 3.05) is 6.54 Å². The van der Waals surface area contributed by atoms with Crippen LogP contribution < -0.4 is 11.1 Å². The number of carbonyl (C=O) groups excluding carboxylic acids is 1.